The highest BCUT2D eigenvalue weighted by atomic mass is 16.3. The molecule has 0 unspecified atom stereocenters. The first-order valence-electron chi connectivity index (χ1n) is 9.61. The second-order valence-electron chi connectivity index (χ2n) is 7.96. The number of aliphatic hydroxyl groups excluding tert-OH is 1. The molecule has 25 heavy (non-hydrogen) atoms. The molecule has 3 heterocycles. The summed E-state index contributed by atoms with van der Waals surface area (Å²) in [5, 5.41) is 13.6. The number of aliphatic hydroxyl groups is 1. The van der Waals surface area contributed by atoms with E-state index >= 15 is 0 Å². The number of likely N-dealkylation sites (tertiary alicyclic amines) is 1. The van der Waals surface area contributed by atoms with Gasteiger partial charge in [0.05, 0.1) is 13.2 Å². The molecule has 2 saturated heterocycles. The van der Waals surface area contributed by atoms with Crippen LogP contribution in [0.4, 0.5) is 0 Å². The van der Waals surface area contributed by atoms with Gasteiger partial charge in [0.15, 0.2) is 0 Å². The Labute approximate surface area is 150 Å². The molecular weight excluding hydrogens is 314 g/mol. The van der Waals surface area contributed by atoms with E-state index in [0.717, 1.165) is 51.9 Å². The maximum Gasteiger partial charge on any atom is 0.236 e. The molecule has 1 aromatic carbocycles. The van der Waals surface area contributed by atoms with E-state index in [1.807, 2.05) is 4.90 Å². The Morgan fingerprint density at radius 1 is 1.28 bits per heavy atom. The lowest BCUT2D eigenvalue weighted by molar-refractivity contribution is -0.139. The van der Waals surface area contributed by atoms with Crippen molar-refractivity contribution in [2.75, 3.05) is 39.3 Å². The summed E-state index contributed by atoms with van der Waals surface area (Å²) in [7, 11) is 0. The molecule has 136 valence electrons. The van der Waals surface area contributed by atoms with Crippen LogP contribution in [0.1, 0.15) is 30.4 Å². The molecule has 3 aliphatic heterocycles. The molecular formula is C20H29N3O2. The van der Waals surface area contributed by atoms with E-state index in [9.17, 15) is 9.90 Å². The fourth-order valence-electron chi connectivity index (χ4n) is 4.88. The first-order chi connectivity index (χ1) is 12.2. The molecule has 5 heteroatoms. The van der Waals surface area contributed by atoms with Gasteiger partial charge in [-0.3, -0.25) is 9.69 Å². The minimum absolute atomic E-state index is 0.138. The molecule has 0 aliphatic carbocycles. The average Bonchev–Trinajstić information content (AvgIpc) is 2.67. The number of benzene rings is 1. The predicted molar refractivity (Wildman–Crippen MR) is 97.2 cm³/mol. The van der Waals surface area contributed by atoms with E-state index in [4.69, 9.17) is 0 Å². The van der Waals surface area contributed by atoms with Gasteiger partial charge in [0.1, 0.15) is 0 Å². The summed E-state index contributed by atoms with van der Waals surface area (Å²) in [6.45, 7) is 5.02. The lowest BCUT2D eigenvalue weighted by Crippen LogP contribution is -2.62. The van der Waals surface area contributed by atoms with Gasteiger partial charge in [-0.25, -0.2) is 0 Å². The number of nitrogens with one attached hydrogen (secondary N) is 1. The third-order valence-corrected chi connectivity index (χ3v) is 6.41. The van der Waals surface area contributed by atoms with E-state index in [0.29, 0.717) is 19.1 Å². The van der Waals surface area contributed by atoms with Crippen molar-refractivity contribution in [2.45, 2.75) is 38.3 Å². The van der Waals surface area contributed by atoms with Crippen LogP contribution >= 0.6 is 0 Å². The number of nitrogens with zero attached hydrogens (tertiary/aromatic N) is 2. The second-order valence-corrected chi connectivity index (χ2v) is 7.96. The summed E-state index contributed by atoms with van der Waals surface area (Å²) in [5.41, 5.74) is 2.63. The molecule has 0 aromatic heterocycles. The molecule has 1 amide bonds. The summed E-state index contributed by atoms with van der Waals surface area (Å²) in [4.78, 5) is 17.2. The zero-order valence-electron chi connectivity index (χ0n) is 14.9. The van der Waals surface area contributed by atoms with Crippen LogP contribution in [0.15, 0.2) is 24.3 Å². The van der Waals surface area contributed by atoms with E-state index in [2.05, 4.69) is 34.5 Å². The largest absolute Gasteiger partial charge is 0.396 e. The van der Waals surface area contributed by atoms with Gasteiger partial charge < -0.3 is 15.3 Å². The average molecular weight is 343 g/mol. The number of carbonyl (C=O) groups excluding carboxylic acids is 1. The summed E-state index contributed by atoms with van der Waals surface area (Å²) in [5.74, 6) is 0.219. The van der Waals surface area contributed by atoms with Crippen molar-refractivity contribution < 1.29 is 9.90 Å². The maximum atomic E-state index is 12.9. The number of fused-ring (bicyclic) bond motifs is 2. The Morgan fingerprint density at radius 2 is 2.12 bits per heavy atom. The number of hydrogen-bond donors (Lipinski definition) is 2. The third-order valence-electron chi connectivity index (χ3n) is 6.41. The number of hydrogen-bond acceptors (Lipinski definition) is 4. The van der Waals surface area contributed by atoms with Crippen molar-refractivity contribution in [2.24, 2.45) is 5.41 Å². The predicted octanol–water partition coefficient (Wildman–Crippen LogP) is 1.01. The fourth-order valence-corrected chi connectivity index (χ4v) is 4.88. The highest BCUT2D eigenvalue weighted by Crippen LogP contribution is 2.37. The smallest absolute Gasteiger partial charge is 0.236 e. The molecule has 0 spiro atoms. The van der Waals surface area contributed by atoms with Crippen molar-refractivity contribution in [1.29, 1.82) is 0 Å². The zero-order chi connectivity index (χ0) is 17.3. The van der Waals surface area contributed by atoms with Gasteiger partial charge in [0.2, 0.25) is 5.91 Å². The van der Waals surface area contributed by atoms with E-state index < -0.39 is 0 Å². The number of rotatable bonds is 3. The Kier molecular flexibility index (Phi) is 4.80. The normalized spacial score (nSPS) is 29.8. The Balaban J connectivity index is 1.39. The Hall–Kier alpha value is -1.43. The molecule has 0 radical (unpaired) electrons. The third kappa shape index (κ3) is 3.33. The van der Waals surface area contributed by atoms with Crippen LogP contribution in [-0.4, -0.2) is 66.2 Å². The number of piperidine rings is 2. The molecule has 1 aromatic rings. The second kappa shape index (κ2) is 7.06. The fraction of sp³-hybridized carbons (Fsp3) is 0.650. The maximum absolute atomic E-state index is 12.9. The summed E-state index contributed by atoms with van der Waals surface area (Å²) in [6.07, 6.45) is 4.08. The van der Waals surface area contributed by atoms with Gasteiger partial charge in [-0.05, 0) is 43.4 Å². The van der Waals surface area contributed by atoms with Crippen molar-refractivity contribution in [1.82, 2.24) is 15.1 Å². The SMILES string of the molecule is O=C(CN1CCc2ccccc2C1)N1CC[C@H]2NCCC[C@]2(CO)C1. The minimum Gasteiger partial charge on any atom is -0.396 e. The molecule has 2 N–H and O–H groups in total. The molecule has 0 bridgehead atoms. The summed E-state index contributed by atoms with van der Waals surface area (Å²) in [6, 6.07) is 8.90. The lowest BCUT2D eigenvalue weighted by Gasteiger charge is -2.50. The van der Waals surface area contributed by atoms with Crippen molar-refractivity contribution >= 4 is 5.91 Å². The first-order valence-corrected chi connectivity index (χ1v) is 9.61. The summed E-state index contributed by atoms with van der Waals surface area (Å²) < 4.78 is 0. The van der Waals surface area contributed by atoms with Gasteiger partial charge in [-0.15, -0.1) is 0 Å². The van der Waals surface area contributed by atoms with Crippen LogP contribution in [0.5, 0.6) is 0 Å². The molecule has 2 atom stereocenters. The Morgan fingerprint density at radius 3 is 2.96 bits per heavy atom. The zero-order valence-corrected chi connectivity index (χ0v) is 14.9. The van der Waals surface area contributed by atoms with E-state index in [1.165, 1.54) is 11.1 Å². The molecule has 3 aliphatic rings. The lowest BCUT2D eigenvalue weighted by atomic mass is 9.71. The molecule has 0 saturated carbocycles. The highest BCUT2D eigenvalue weighted by molar-refractivity contribution is 5.78. The Bertz CT molecular complexity index is 635. The molecule has 5 nitrogen and oxygen atoms in total. The van der Waals surface area contributed by atoms with Gasteiger partial charge in [-0.2, -0.15) is 0 Å². The van der Waals surface area contributed by atoms with Crippen molar-refractivity contribution in [3.8, 4) is 0 Å². The first kappa shape index (κ1) is 17.0. The van der Waals surface area contributed by atoms with Crippen LogP contribution in [0.3, 0.4) is 0 Å². The van der Waals surface area contributed by atoms with Crippen LogP contribution in [0, 0.1) is 5.41 Å². The van der Waals surface area contributed by atoms with Crippen LogP contribution in [0.25, 0.3) is 0 Å². The van der Waals surface area contributed by atoms with Gasteiger partial charge in [-0.1, -0.05) is 24.3 Å². The number of amides is 1. The molecule has 4 rings (SSSR count). The van der Waals surface area contributed by atoms with Crippen LogP contribution in [-0.2, 0) is 17.8 Å². The van der Waals surface area contributed by atoms with Crippen LogP contribution < -0.4 is 5.32 Å². The van der Waals surface area contributed by atoms with Crippen LogP contribution in [0.2, 0.25) is 0 Å². The van der Waals surface area contributed by atoms with Gasteiger partial charge in [0, 0.05) is 37.6 Å². The summed E-state index contributed by atoms with van der Waals surface area (Å²) >= 11 is 0. The standard InChI is InChI=1S/C20H29N3O2/c24-15-20-8-3-9-21-18(20)7-11-23(14-20)19(25)13-22-10-6-16-4-1-2-5-17(16)12-22/h1-2,4-5,18,21,24H,3,6-15H2/t18-,20-/m1/s1. The van der Waals surface area contributed by atoms with Gasteiger partial charge >= 0.3 is 0 Å². The topological polar surface area (TPSA) is 55.8 Å². The van der Waals surface area contributed by atoms with Gasteiger partial charge in [0.25, 0.3) is 0 Å². The quantitative estimate of drug-likeness (QED) is 0.860. The monoisotopic (exact) mass is 343 g/mol. The number of carbonyl (C=O) groups is 1. The minimum atomic E-state index is -0.138. The van der Waals surface area contributed by atoms with E-state index in [1.54, 1.807) is 0 Å². The highest BCUT2D eigenvalue weighted by Gasteiger charge is 2.45. The van der Waals surface area contributed by atoms with Crippen molar-refractivity contribution in [3.63, 3.8) is 0 Å². The van der Waals surface area contributed by atoms with Crippen molar-refractivity contribution in [3.05, 3.63) is 35.4 Å². The van der Waals surface area contributed by atoms with E-state index in [-0.39, 0.29) is 17.9 Å². The molecule has 2 fully saturated rings.